The molecule has 0 aliphatic carbocycles. The summed E-state index contributed by atoms with van der Waals surface area (Å²) in [4.78, 5) is 35.6. The summed E-state index contributed by atoms with van der Waals surface area (Å²) in [5.74, 6) is 0.184. The summed E-state index contributed by atoms with van der Waals surface area (Å²) in [6.07, 6.45) is 5.46. The molecule has 0 radical (unpaired) electrons. The van der Waals surface area contributed by atoms with Crippen molar-refractivity contribution in [3.63, 3.8) is 0 Å². The van der Waals surface area contributed by atoms with Crippen LogP contribution in [-0.4, -0.2) is 48.7 Å². The molecule has 134 valence electrons. The second-order valence-electron chi connectivity index (χ2n) is 5.85. The van der Waals surface area contributed by atoms with E-state index >= 15 is 0 Å². The van der Waals surface area contributed by atoms with Crippen molar-refractivity contribution < 1.29 is 19.1 Å². The molecule has 0 saturated carbocycles. The Morgan fingerprint density at radius 2 is 2.00 bits per heavy atom. The van der Waals surface area contributed by atoms with Gasteiger partial charge in [-0.2, -0.15) is 0 Å². The monoisotopic (exact) mass is 355 g/mol. The number of carbonyl (C=O) groups is 3. The van der Waals surface area contributed by atoms with Crippen LogP contribution in [-0.2, 0) is 14.3 Å². The Morgan fingerprint density at radius 3 is 2.71 bits per heavy atom. The average Bonchev–Trinajstić information content (AvgIpc) is 3.02. The van der Waals surface area contributed by atoms with Gasteiger partial charge in [-0.05, 0) is 57.0 Å². The van der Waals surface area contributed by atoms with Crippen molar-refractivity contribution in [1.82, 2.24) is 16.0 Å². The molecule has 0 bridgehead atoms. The van der Waals surface area contributed by atoms with E-state index in [-0.39, 0.29) is 17.9 Å². The normalized spacial score (nSPS) is 24.7. The fourth-order valence-electron chi connectivity index (χ4n) is 2.81. The number of carbonyl (C=O) groups excluding carboxylic acids is 3. The van der Waals surface area contributed by atoms with Crippen LogP contribution in [0.2, 0.25) is 0 Å². The first-order valence-corrected chi connectivity index (χ1v) is 9.43. The number of amides is 3. The lowest BCUT2D eigenvalue weighted by Crippen LogP contribution is -2.44. The standard InChI is InChI=1S/C16H25N3O4S/c1-2-23-16(22)19-14(21)12-7-10-24-15(12)18-13(20)4-3-11-5-8-17-9-6-11/h3-4,11-12,15,17H,2,5-10H2,1H3,(H,18,20)(H,19,21,22). The third-order valence-corrected chi connectivity index (χ3v) is 5.39. The van der Waals surface area contributed by atoms with E-state index in [4.69, 9.17) is 4.74 Å². The van der Waals surface area contributed by atoms with Gasteiger partial charge in [-0.15, -0.1) is 11.8 Å². The summed E-state index contributed by atoms with van der Waals surface area (Å²) in [6.45, 7) is 3.84. The minimum atomic E-state index is -0.740. The molecule has 2 saturated heterocycles. The number of hydrogen-bond donors (Lipinski definition) is 3. The molecule has 0 aromatic carbocycles. The summed E-state index contributed by atoms with van der Waals surface area (Å²) in [7, 11) is 0. The molecule has 7 nitrogen and oxygen atoms in total. The van der Waals surface area contributed by atoms with Crippen LogP contribution in [0.4, 0.5) is 4.79 Å². The van der Waals surface area contributed by atoms with Crippen LogP contribution in [0.15, 0.2) is 12.2 Å². The molecule has 2 rings (SSSR count). The van der Waals surface area contributed by atoms with Crippen LogP contribution in [0.25, 0.3) is 0 Å². The number of nitrogens with one attached hydrogen (secondary N) is 3. The third kappa shape index (κ3) is 5.83. The molecule has 2 fully saturated rings. The van der Waals surface area contributed by atoms with Gasteiger partial charge in [0.1, 0.15) is 0 Å². The number of allylic oxidation sites excluding steroid dienone is 1. The van der Waals surface area contributed by atoms with E-state index < -0.39 is 17.9 Å². The zero-order valence-electron chi connectivity index (χ0n) is 13.9. The first-order chi connectivity index (χ1) is 11.6. The molecule has 2 atom stereocenters. The highest BCUT2D eigenvalue weighted by molar-refractivity contribution is 8.00. The highest BCUT2D eigenvalue weighted by atomic mass is 32.2. The van der Waals surface area contributed by atoms with Gasteiger partial charge >= 0.3 is 6.09 Å². The van der Waals surface area contributed by atoms with E-state index in [1.807, 2.05) is 6.08 Å². The van der Waals surface area contributed by atoms with Crippen molar-refractivity contribution in [3.05, 3.63) is 12.2 Å². The first kappa shape index (κ1) is 18.8. The Balaban J connectivity index is 1.81. The van der Waals surface area contributed by atoms with E-state index in [1.165, 1.54) is 11.8 Å². The molecule has 3 N–H and O–H groups in total. The largest absolute Gasteiger partial charge is 0.450 e. The maximum atomic E-state index is 12.1. The highest BCUT2D eigenvalue weighted by Crippen LogP contribution is 2.30. The molecule has 24 heavy (non-hydrogen) atoms. The van der Waals surface area contributed by atoms with Gasteiger partial charge in [-0.25, -0.2) is 4.79 Å². The number of rotatable bonds is 5. The topological polar surface area (TPSA) is 96.5 Å². The molecule has 0 spiro atoms. The molecule has 3 amide bonds. The van der Waals surface area contributed by atoms with Crippen LogP contribution >= 0.6 is 11.8 Å². The SMILES string of the molecule is CCOC(=O)NC(=O)C1CCSC1NC(=O)C=CC1CCNCC1. The van der Waals surface area contributed by atoms with Crippen LogP contribution in [0.3, 0.4) is 0 Å². The Morgan fingerprint density at radius 1 is 1.25 bits per heavy atom. The number of ether oxygens (including phenoxy) is 1. The summed E-state index contributed by atoms with van der Waals surface area (Å²) >= 11 is 1.52. The number of alkyl carbamates (subject to hydrolysis) is 1. The number of hydrogen-bond acceptors (Lipinski definition) is 6. The number of imide groups is 1. The smallest absolute Gasteiger partial charge is 0.413 e. The molecule has 8 heteroatoms. The number of thioether (sulfide) groups is 1. The van der Waals surface area contributed by atoms with Gasteiger partial charge < -0.3 is 15.4 Å². The van der Waals surface area contributed by atoms with Crippen molar-refractivity contribution >= 4 is 29.7 Å². The Hall–Kier alpha value is -1.54. The van der Waals surface area contributed by atoms with Crippen LogP contribution in [0, 0.1) is 11.8 Å². The van der Waals surface area contributed by atoms with E-state index in [0.29, 0.717) is 12.3 Å². The highest BCUT2D eigenvalue weighted by Gasteiger charge is 2.35. The second-order valence-corrected chi connectivity index (χ2v) is 7.10. The van der Waals surface area contributed by atoms with Gasteiger partial charge in [0.25, 0.3) is 0 Å². The van der Waals surface area contributed by atoms with Crippen molar-refractivity contribution in [3.8, 4) is 0 Å². The van der Waals surface area contributed by atoms with E-state index in [0.717, 1.165) is 31.7 Å². The molecule has 0 aromatic heterocycles. The minimum Gasteiger partial charge on any atom is -0.450 e. The maximum Gasteiger partial charge on any atom is 0.413 e. The maximum absolute atomic E-state index is 12.1. The fraction of sp³-hybridized carbons (Fsp3) is 0.688. The second kappa shape index (κ2) is 9.68. The molecule has 2 heterocycles. The zero-order valence-corrected chi connectivity index (χ0v) is 14.7. The van der Waals surface area contributed by atoms with Gasteiger partial charge in [0.2, 0.25) is 11.8 Å². The molecule has 2 aliphatic heterocycles. The fourth-order valence-corrected chi connectivity index (χ4v) is 4.14. The Labute approximate surface area is 146 Å². The van der Waals surface area contributed by atoms with Crippen LogP contribution in [0.1, 0.15) is 26.2 Å². The summed E-state index contributed by atoms with van der Waals surface area (Å²) in [6, 6.07) is 0. The third-order valence-electron chi connectivity index (χ3n) is 4.12. The van der Waals surface area contributed by atoms with Crippen molar-refractivity contribution in [2.24, 2.45) is 11.8 Å². The lowest BCUT2D eigenvalue weighted by molar-refractivity contribution is -0.124. The van der Waals surface area contributed by atoms with Crippen molar-refractivity contribution in [2.75, 3.05) is 25.4 Å². The molecular weight excluding hydrogens is 330 g/mol. The van der Waals surface area contributed by atoms with E-state index in [2.05, 4.69) is 16.0 Å². The molecule has 2 aliphatic rings. The van der Waals surface area contributed by atoms with Crippen LogP contribution in [0.5, 0.6) is 0 Å². The minimum absolute atomic E-state index is 0.193. The Bertz CT molecular complexity index is 492. The first-order valence-electron chi connectivity index (χ1n) is 8.38. The predicted molar refractivity (Wildman–Crippen MR) is 92.4 cm³/mol. The molecule has 0 aromatic rings. The van der Waals surface area contributed by atoms with Crippen LogP contribution < -0.4 is 16.0 Å². The lowest BCUT2D eigenvalue weighted by atomic mass is 9.98. The van der Waals surface area contributed by atoms with Gasteiger partial charge in [-0.1, -0.05) is 6.08 Å². The summed E-state index contributed by atoms with van der Waals surface area (Å²) in [5.41, 5.74) is 0. The number of piperidine rings is 1. The van der Waals surface area contributed by atoms with Gasteiger partial charge in [-0.3, -0.25) is 14.9 Å². The molecular formula is C16H25N3O4S. The average molecular weight is 355 g/mol. The quantitative estimate of drug-likeness (QED) is 0.637. The lowest BCUT2D eigenvalue weighted by Gasteiger charge is -2.20. The summed E-state index contributed by atoms with van der Waals surface area (Å²) < 4.78 is 4.71. The van der Waals surface area contributed by atoms with E-state index in [1.54, 1.807) is 13.0 Å². The molecule has 2 unspecified atom stereocenters. The van der Waals surface area contributed by atoms with Crippen molar-refractivity contribution in [2.45, 2.75) is 31.6 Å². The Kier molecular flexibility index (Phi) is 7.58. The van der Waals surface area contributed by atoms with Gasteiger partial charge in [0.15, 0.2) is 0 Å². The van der Waals surface area contributed by atoms with Crippen molar-refractivity contribution in [1.29, 1.82) is 0 Å². The van der Waals surface area contributed by atoms with Gasteiger partial charge in [0, 0.05) is 0 Å². The predicted octanol–water partition coefficient (Wildman–Crippen LogP) is 1.01. The zero-order chi connectivity index (χ0) is 17.4. The van der Waals surface area contributed by atoms with E-state index in [9.17, 15) is 14.4 Å². The van der Waals surface area contributed by atoms with Gasteiger partial charge in [0.05, 0.1) is 17.9 Å². The summed E-state index contributed by atoms with van der Waals surface area (Å²) in [5, 5.41) is 8.05.